The number of hydrogen-bond acceptors (Lipinski definition) is 4. The van der Waals surface area contributed by atoms with Crippen molar-refractivity contribution in [2.75, 3.05) is 7.11 Å². The van der Waals surface area contributed by atoms with Crippen LogP contribution in [0, 0.1) is 5.82 Å². The van der Waals surface area contributed by atoms with Crippen LogP contribution in [-0.2, 0) is 0 Å². The zero-order valence-electron chi connectivity index (χ0n) is 13.8. The van der Waals surface area contributed by atoms with Gasteiger partial charge in [-0.25, -0.2) is 14.2 Å². The maximum absolute atomic E-state index is 13.4. The van der Waals surface area contributed by atoms with E-state index in [4.69, 9.17) is 9.47 Å². The van der Waals surface area contributed by atoms with E-state index in [-0.39, 0.29) is 23.2 Å². The van der Waals surface area contributed by atoms with Crippen LogP contribution in [0.2, 0.25) is 0 Å². The molecule has 0 spiro atoms. The number of aromatic nitrogens is 2. The molecule has 3 aromatic rings. The van der Waals surface area contributed by atoms with Gasteiger partial charge in [-0.2, -0.15) is 0 Å². The van der Waals surface area contributed by atoms with Gasteiger partial charge in [0.25, 0.3) is 0 Å². The highest BCUT2D eigenvalue weighted by atomic mass is 19.1. The van der Waals surface area contributed by atoms with Gasteiger partial charge in [-0.15, -0.1) is 0 Å². The first kappa shape index (κ1) is 16.7. The van der Waals surface area contributed by atoms with Crippen molar-refractivity contribution in [3.63, 3.8) is 0 Å². The molecule has 25 heavy (non-hydrogen) atoms. The monoisotopic (exact) mass is 340 g/mol. The first-order chi connectivity index (χ1) is 12.1. The number of hydrogen-bond donors (Lipinski definition) is 0. The molecule has 0 saturated heterocycles. The van der Waals surface area contributed by atoms with E-state index in [2.05, 4.69) is 4.98 Å². The van der Waals surface area contributed by atoms with Crippen LogP contribution in [0.25, 0.3) is 0 Å². The number of benzene rings is 2. The Morgan fingerprint density at radius 3 is 2.64 bits per heavy atom. The van der Waals surface area contributed by atoms with Crippen molar-refractivity contribution in [2.24, 2.45) is 0 Å². The SMILES string of the molecule is COc1ccc(F)cc1OC(=O)c1cncn1C(C)c1ccccc1. The number of methoxy groups -OCH3 is 1. The molecule has 0 radical (unpaired) electrons. The minimum atomic E-state index is -0.635. The van der Waals surface area contributed by atoms with Crippen molar-refractivity contribution in [3.8, 4) is 11.5 Å². The van der Waals surface area contributed by atoms with Gasteiger partial charge in [-0.1, -0.05) is 30.3 Å². The molecule has 0 aliphatic heterocycles. The van der Waals surface area contributed by atoms with Crippen molar-refractivity contribution < 1.29 is 18.7 Å². The van der Waals surface area contributed by atoms with E-state index in [0.717, 1.165) is 11.6 Å². The fourth-order valence-electron chi connectivity index (χ4n) is 2.55. The number of ether oxygens (including phenoxy) is 2. The van der Waals surface area contributed by atoms with Gasteiger partial charge in [0.2, 0.25) is 0 Å². The molecule has 2 aromatic carbocycles. The van der Waals surface area contributed by atoms with E-state index in [1.54, 1.807) is 10.9 Å². The van der Waals surface area contributed by atoms with Crippen molar-refractivity contribution in [3.05, 3.63) is 78.1 Å². The van der Waals surface area contributed by atoms with Gasteiger partial charge in [-0.3, -0.25) is 0 Å². The molecule has 0 fully saturated rings. The highest BCUT2D eigenvalue weighted by Gasteiger charge is 2.20. The third-order valence-corrected chi connectivity index (χ3v) is 3.90. The van der Waals surface area contributed by atoms with Crippen molar-refractivity contribution in [1.29, 1.82) is 0 Å². The first-order valence-corrected chi connectivity index (χ1v) is 7.72. The molecule has 0 saturated carbocycles. The highest BCUT2D eigenvalue weighted by molar-refractivity contribution is 5.89. The Balaban J connectivity index is 1.88. The second kappa shape index (κ2) is 7.17. The molecule has 0 N–H and O–H groups in total. The molecule has 0 aliphatic carbocycles. The summed E-state index contributed by atoms with van der Waals surface area (Å²) in [7, 11) is 1.42. The standard InChI is InChI=1S/C19H17FN2O3/c1-13(14-6-4-3-5-7-14)22-12-21-11-16(22)19(23)25-18-10-15(20)8-9-17(18)24-2/h3-13H,1-2H3. The number of carbonyl (C=O) groups is 1. The summed E-state index contributed by atoms with van der Waals surface area (Å²) in [6, 6.07) is 13.4. The van der Waals surface area contributed by atoms with Gasteiger partial charge < -0.3 is 14.0 Å². The van der Waals surface area contributed by atoms with Crippen molar-refractivity contribution in [1.82, 2.24) is 9.55 Å². The Kier molecular flexibility index (Phi) is 4.79. The number of imidazole rings is 1. The third-order valence-electron chi connectivity index (χ3n) is 3.90. The maximum Gasteiger partial charge on any atom is 0.362 e. The summed E-state index contributed by atoms with van der Waals surface area (Å²) in [5, 5.41) is 0. The molecule has 1 atom stereocenters. The van der Waals surface area contributed by atoms with E-state index in [9.17, 15) is 9.18 Å². The molecule has 1 aromatic heterocycles. The van der Waals surface area contributed by atoms with E-state index in [0.29, 0.717) is 0 Å². The number of nitrogens with zero attached hydrogens (tertiary/aromatic N) is 2. The molecule has 0 aliphatic rings. The number of esters is 1. The Bertz CT molecular complexity index is 877. The average Bonchev–Trinajstić information content (AvgIpc) is 3.12. The Morgan fingerprint density at radius 2 is 1.92 bits per heavy atom. The summed E-state index contributed by atoms with van der Waals surface area (Å²) in [6.45, 7) is 1.95. The number of rotatable bonds is 5. The largest absolute Gasteiger partial charge is 0.493 e. The molecule has 5 nitrogen and oxygen atoms in total. The van der Waals surface area contributed by atoms with Gasteiger partial charge in [0.1, 0.15) is 11.5 Å². The maximum atomic E-state index is 13.4. The summed E-state index contributed by atoms with van der Waals surface area (Å²) < 4.78 is 25.6. The second-order valence-electron chi connectivity index (χ2n) is 5.46. The number of halogens is 1. The lowest BCUT2D eigenvalue weighted by Crippen LogP contribution is -2.17. The lowest BCUT2D eigenvalue weighted by Gasteiger charge is -2.16. The van der Waals surface area contributed by atoms with Crippen molar-refractivity contribution in [2.45, 2.75) is 13.0 Å². The van der Waals surface area contributed by atoms with Gasteiger partial charge in [0, 0.05) is 6.07 Å². The molecule has 128 valence electrons. The van der Waals surface area contributed by atoms with Crippen LogP contribution >= 0.6 is 0 Å². The Hall–Kier alpha value is -3.15. The van der Waals surface area contributed by atoms with E-state index >= 15 is 0 Å². The normalized spacial score (nSPS) is 11.8. The van der Waals surface area contributed by atoms with Gasteiger partial charge >= 0.3 is 5.97 Å². The van der Waals surface area contributed by atoms with Crippen LogP contribution in [0.15, 0.2) is 61.1 Å². The molecule has 0 bridgehead atoms. The van der Waals surface area contributed by atoms with E-state index in [1.165, 1.54) is 25.4 Å². The summed E-state index contributed by atoms with van der Waals surface area (Å²) in [5.41, 5.74) is 1.29. The zero-order valence-corrected chi connectivity index (χ0v) is 13.8. The summed E-state index contributed by atoms with van der Waals surface area (Å²) in [6.07, 6.45) is 2.99. The fourth-order valence-corrected chi connectivity index (χ4v) is 2.55. The fraction of sp³-hybridized carbons (Fsp3) is 0.158. The lowest BCUT2D eigenvalue weighted by atomic mass is 10.1. The minimum Gasteiger partial charge on any atom is -0.493 e. The third kappa shape index (κ3) is 3.52. The Morgan fingerprint density at radius 1 is 1.16 bits per heavy atom. The van der Waals surface area contributed by atoms with E-state index < -0.39 is 11.8 Å². The molecular weight excluding hydrogens is 323 g/mol. The van der Waals surface area contributed by atoms with Gasteiger partial charge in [0.15, 0.2) is 11.5 Å². The van der Waals surface area contributed by atoms with Crippen LogP contribution in [0.3, 0.4) is 0 Å². The van der Waals surface area contributed by atoms with Gasteiger partial charge in [0.05, 0.1) is 25.7 Å². The van der Waals surface area contributed by atoms with Crippen LogP contribution in [0.4, 0.5) is 4.39 Å². The smallest absolute Gasteiger partial charge is 0.362 e. The molecular formula is C19H17FN2O3. The highest BCUT2D eigenvalue weighted by Crippen LogP contribution is 2.29. The topological polar surface area (TPSA) is 53.4 Å². The molecule has 0 amide bonds. The van der Waals surface area contributed by atoms with Gasteiger partial charge in [-0.05, 0) is 24.6 Å². The molecule has 6 heteroatoms. The average molecular weight is 340 g/mol. The van der Waals surface area contributed by atoms with Crippen LogP contribution < -0.4 is 9.47 Å². The number of carbonyl (C=O) groups excluding carboxylic acids is 1. The predicted octanol–water partition coefficient (Wildman–Crippen LogP) is 3.86. The molecule has 1 heterocycles. The lowest BCUT2D eigenvalue weighted by molar-refractivity contribution is 0.0717. The minimum absolute atomic E-state index is 0.0209. The Labute approximate surface area is 144 Å². The quantitative estimate of drug-likeness (QED) is 0.523. The van der Waals surface area contributed by atoms with Crippen molar-refractivity contribution >= 4 is 5.97 Å². The van der Waals surface area contributed by atoms with E-state index in [1.807, 2.05) is 37.3 Å². The summed E-state index contributed by atoms with van der Waals surface area (Å²) in [5.74, 6) is -0.858. The summed E-state index contributed by atoms with van der Waals surface area (Å²) >= 11 is 0. The van der Waals surface area contributed by atoms with Crippen LogP contribution in [0.1, 0.15) is 29.0 Å². The zero-order chi connectivity index (χ0) is 17.8. The van der Waals surface area contributed by atoms with Crippen LogP contribution in [-0.4, -0.2) is 22.6 Å². The molecule has 3 rings (SSSR count). The molecule has 1 unspecified atom stereocenters. The summed E-state index contributed by atoms with van der Waals surface area (Å²) in [4.78, 5) is 16.6. The predicted molar refractivity (Wildman–Crippen MR) is 90.4 cm³/mol. The van der Waals surface area contributed by atoms with Crippen LogP contribution in [0.5, 0.6) is 11.5 Å². The second-order valence-corrected chi connectivity index (χ2v) is 5.46. The first-order valence-electron chi connectivity index (χ1n) is 7.72.